The highest BCUT2D eigenvalue weighted by atomic mass is 16.5. The molecule has 1 heterocycles. The SMILES string of the molecule is CC.CC(=O)C(=O)C1(NC=O)OCC(C)CC1C. The topological polar surface area (TPSA) is 72.5 Å². The van der Waals surface area contributed by atoms with Gasteiger partial charge in [-0.15, -0.1) is 0 Å². The summed E-state index contributed by atoms with van der Waals surface area (Å²) >= 11 is 0. The number of ether oxygens (including phenoxy) is 1. The van der Waals surface area contributed by atoms with E-state index in [1.807, 2.05) is 20.8 Å². The number of ketones is 2. The Labute approximate surface area is 108 Å². The van der Waals surface area contributed by atoms with Gasteiger partial charge in [-0.2, -0.15) is 0 Å². The third kappa shape index (κ3) is 3.38. The van der Waals surface area contributed by atoms with Crippen molar-refractivity contribution >= 4 is 18.0 Å². The Morgan fingerprint density at radius 2 is 1.89 bits per heavy atom. The minimum Gasteiger partial charge on any atom is -0.348 e. The molecule has 3 atom stereocenters. The molecule has 0 bridgehead atoms. The van der Waals surface area contributed by atoms with Gasteiger partial charge in [-0.3, -0.25) is 14.4 Å². The molecule has 5 heteroatoms. The lowest BCUT2D eigenvalue weighted by molar-refractivity contribution is -0.179. The van der Waals surface area contributed by atoms with Crippen LogP contribution < -0.4 is 5.32 Å². The highest BCUT2D eigenvalue weighted by molar-refractivity contribution is 6.39. The number of carbonyl (C=O) groups is 3. The van der Waals surface area contributed by atoms with Gasteiger partial charge in [0.15, 0.2) is 0 Å². The van der Waals surface area contributed by atoms with E-state index in [9.17, 15) is 14.4 Å². The van der Waals surface area contributed by atoms with Gasteiger partial charge >= 0.3 is 0 Å². The van der Waals surface area contributed by atoms with E-state index < -0.39 is 17.3 Å². The standard InChI is InChI=1S/C11H17NO4.C2H6/c1-7-4-8(2)11(12-6-13,16-5-7)10(15)9(3)14;1-2/h6-8H,4-5H2,1-3H3,(H,12,13);1-2H3. The first-order chi connectivity index (χ1) is 8.44. The number of nitrogens with one attached hydrogen (secondary N) is 1. The summed E-state index contributed by atoms with van der Waals surface area (Å²) in [5, 5.41) is 2.38. The van der Waals surface area contributed by atoms with Crippen LogP contribution in [0.3, 0.4) is 0 Å². The van der Waals surface area contributed by atoms with Gasteiger partial charge in [-0.25, -0.2) is 0 Å². The summed E-state index contributed by atoms with van der Waals surface area (Å²) in [7, 11) is 0. The molecule has 1 aliphatic rings. The van der Waals surface area contributed by atoms with Crippen molar-refractivity contribution in [3.8, 4) is 0 Å². The molecule has 1 rings (SSSR count). The van der Waals surface area contributed by atoms with Crippen LogP contribution in [0, 0.1) is 11.8 Å². The Bertz CT molecular complexity index is 316. The smallest absolute Gasteiger partial charge is 0.250 e. The molecule has 0 aromatic rings. The summed E-state index contributed by atoms with van der Waals surface area (Å²) in [6, 6.07) is 0. The fourth-order valence-corrected chi connectivity index (χ4v) is 2.14. The molecule has 1 saturated heterocycles. The molecule has 1 aliphatic heterocycles. The number of amides is 1. The molecule has 1 N–H and O–H groups in total. The molecular formula is C13H23NO4. The van der Waals surface area contributed by atoms with E-state index in [4.69, 9.17) is 4.74 Å². The maximum absolute atomic E-state index is 11.8. The second kappa shape index (κ2) is 7.26. The Hall–Kier alpha value is -1.23. The second-order valence-electron chi connectivity index (χ2n) is 4.44. The molecular weight excluding hydrogens is 234 g/mol. The maximum Gasteiger partial charge on any atom is 0.250 e. The van der Waals surface area contributed by atoms with Gasteiger partial charge < -0.3 is 10.1 Å². The van der Waals surface area contributed by atoms with Crippen molar-refractivity contribution in [2.75, 3.05) is 6.61 Å². The molecule has 3 unspecified atom stereocenters. The molecule has 104 valence electrons. The van der Waals surface area contributed by atoms with Crippen LogP contribution in [-0.4, -0.2) is 30.3 Å². The van der Waals surface area contributed by atoms with Crippen molar-refractivity contribution < 1.29 is 19.1 Å². The molecule has 18 heavy (non-hydrogen) atoms. The van der Waals surface area contributed by atoms with Crippen molar-refractivity contribution in [2.24, 2.45) is 11.8 Å². The van der Waals surface area contributed by atoms with E-state index in [2.05, 4.69) is 5.32 Å². The van der Waals surface area contributed by atoms with E-state index in [1.165, 1.54) is 6.92 Å². The Balaban J connectivity index is 0.00000137. The first-order valence-electron chi connectivity index (χ1n) is 6.34. The molecule has 5 nitrogen and oxygen atoms in total. The van der Waals surface area contributed by atoms with Crippen LogP contribution in [0.1, 0.15) is 41.0 Å². The first-order valence-corrected chi connectivity index (χ1v) is 6.34. The van der Waals surface area contributed by atoms with Crippen molar-refractivity contribution in [1.82, 2.24) is 5.32 Å². The summed E-state index contributed by atoms with van der Waals surface area (Å²) in [5.74, 6) is -1.18. The molecule has 1 amide bonds. The Morgan fingerprint density at radius 1 is 1.33 bits per heavy atom. The van der Waals surface area contributed by atoms with Gasteiger partial charge in [0.25, 0.3) is 5.78 Å². The lowest BCUT2D eigenvalue weighted by Gasteiger charge is -2.41. The van der Waals surface area contributed by atoms with Gasteiger partial charge in [0, 0.05) is 12.8 Å². The van der Waals surface area contributed by atoms with E-state index in [1.54, 1.807) is 6.92 Å². The quantitative estimate of drug-likeness (QED) is 0.608. The van der Waals surface area contributed by atoms with E-state index in [0.717, 1.165) is 6.42 Å². The summed E-state index contributed by atoms with van der Waals surface area (Å²) in [4.78, 5) is 33.6. The monoisotopic (exact) mass is 257 g/mol. The molecule has 1 fully saturated rings. The zero-order valence-corrected chi connectivity index (χ0v) is 11.8. The molecule has 0 aliphatic carbocycles. The summed E-state index contributed by atoms with van der Waals surface area (Å²) in [6.45, 7) is 9.35. The number of hydrogen-bond donors (Lipinski definition) is 1. The van der Waals surface area contributed by atoms with Crippen molar-refractivity contribution in [3.63, 3.8) is 0 Å². The average molecular weight is 257 g/mol. The summed E-state index contributed by atoms with van der Waals surface area (Å²) in [5.41, 5.74) is -1.46. The number of carbonyl (C=O) groups excluding carboxylic acids is 3. The van der Waals surface area contributed by atoms with Crippen molar-refractivity contribution in [1.29, 1.82) is 0 Å². The average Bonchev–Trinajstić information content (AvgIpc) is 2.34. The van der Waals surface area contributed by atoms with Crippen molar-refractivity contribution in [3.05, 3.63) is 0 Å². The normalized spacial score (nSPS) is 30.7. The Kier molecular flexibility index (Phi) is 6.76. The largest absolute Gasteiger partial charge is 0.348 e. The van der Waals surface area contributed by atoms with Gasteiger partial charge in [0.2, 0.25) is 17.9 Å². The molecule has 0 aromatic carbocycles. The van der Waals surface area contributed by atoms with Gasteiger partial charge in [-0.05, 0) is 12.3 Å². The van der Waals surface area contributed by atoms with Crippen LogP contribution in [0.2, 0.25) is 0 Å². The van der Waals surface area contributed by atoms with Gasteiger partial charge in [0.05, 0.1) is 6.61 Å². The predicted molar refractivity (Wildman–Crippen MR) is 67.9 cm³/mol. The predicted octanol–water partition coefficient (Wildman–Crippen LogP) is 1.31. The van der Waals surface area contributed by atoms with E-state index >= 15 is 0 Å². The number of hydrogen-bond acceptors (Lipinski definition) is 4. The minimum absolute atomic E-state index is 0.210. The third-order valence-corrected chi connectivity index (χ3v) is 2.98. The zero-order valence-electron chi connectivity index (χ0n) is 11.8. The molecule has 0 radical (unpaired) electrons. The van der Waals surface area contributed by atoms with Crippen LogP contribution in [-0.2, 0) is 19.1 Å². The summed E-state index contributed by atoms with van der Waals surface area (Å²) < 4.78 is 5.44. The highest BCUT2D eigenvalue weighted by Gasteiger charge is 2.49. The van der Waals surface area contributed by atoms with Crippen LogP contribution in [0.4, 0.5) is 0 Å². The fraction of sp³-hybridized carbons (Fsp3) is 0.769. The van der Waals surface area contributed by atoms with Crippen molar-refractivity contribution in [2.45, 2.75) is 46.8 Å². The fourth-order valence-electron chi connectivity index (χ4n) is 2.14. The molecule has 0 spiro atoms. The lowest BCUT2D eigenvalue weighted by atomic mass is 9.82. The van der Waals surface area contributed by atoms with Crippen LogP contribution in [0.15, 0.2) is 0 Å². The molecule has 0 aromatic heterocycles. The van der Waals surface area contributed by atoms with Gasteiger partial charge in [-0.1, -0.05) is 27.7 Å². The maximum atomic E-state index is 11.8. The van der Waals surface area contributed by atoms with Crippen LogP contribution >= 0.6 is 0 Å². The third-order valence-electron chi connectivity index (χ3n) is 2.98. The van der Waals surface area contributed by atoms with E-state index in [0.29, 0.717) is 18.9 Å². The molecule has 0 saturated carbocycles. The van der Waals surface area contributed by atoms with Crippen LogP contribution in [0.25, 0.3) is 0 Å². The second-order valence-corrected chi connectivity index (χ2v) is 4.44. The number of Topliss-reactive ketones (excluding diaryl/α,β-unsaturated/α-hetero) is 2. The van der Waals surface area contributed by atoms with E-state index in [-0.39, 0.29) is 5.92 Å². The first kappa shape index (κ1) is 16.8. The highest BCUT2D eigenvalue weighted by Crippen LogP contribution is 2.32. The summed E-state index contributed by atoms with van der Waals surface area (Å²) in [6.07, 6.45) is 1.15. The minimum atomic E-state index is -1.46. The zero-order chi connectivity index (χ0) is 14.3. The number of rotatable bonds is 4. The van der Waals surface area contributed by atoms with Crippen LogP contribution in [0.5, 0.6) is 0 Å². The van der Waals surface area contributed by atoms with Gasteiger partial charge in [0.1, 0.15) is 0 Å². The lowest BCUT2D eigenvalue weighted by Crippen LogP contribution is -2.62. The Morgan fingerprint density at radius 3 is 2.28 bits per heavy atom.